The number of hydrogen-bond donors (Lipinski definition) is 1. The van der Waals surface area contributed by atoms with E-state index < -0.39 is 0 Å². The quantitative estimate of drug-likeness (QED) is 0.728. The summed E-state index contributed by atoms with van der Waals surface area (Å²) in [5.74, 6) is 0.990. The fraction of sp³-hybridized carbons (Fsp3) is 0.500. The monoisotopic (exact) mass is 402 g/mol. The highest BCUT2D eigenvalue weighted by Gasteiger charge is 2.53. The number of carbonyl (C=O) groups is 1. The second-order valence-electron chi connectivity index (χ2n) is 10.1. The first-order valence-electron chi connectivity index (χ1n) is 11.5. The molecule has 156 valence electrons. The van der Waals surface area contributed by atoms with Crippen molar-refractivity contribution in [2.24, 2.45) is 17.3 Å². The number of benzene rings is 2. The highest BCUT2D eigenvalue weighted by Crippen LogP contribution is 2.44. The lowest BCUT2D eigenvalue weighted by Gasteiger charge is -2.32. The Hall–Kier alpha value is -2.17. The third-order valence-corrected chi connectivity index (χ3v) is 8.17. The van der Waals surface area contributed by atoms with Gasteiger partial charge in [0.25, 0.3) is 0 Å². The van der Waals surface area contributed by atoms with Crippen LogP contribution in [0.1, 0.15) is 36.0 Å². The van der Waals surface area contributed by atoms with Crippen LogP contribution in [0.3, 0.4) is 0 Å². The van der Waals surface area contributed by atoms with Crippen molar-refractivity contribution in [3.8, 4) is 11.1 Å². The molecule has 0 unspecified atom stereocenters. The van der Waals surface area contributed by atoms with Crippen LogP contribution >= 0.6 is 0 Å². The summed E-state index contributed by atoms with van der Waals surface area (Å²) in [6.07, 6.45) is 4.33. The van der Waals surface area contributed by atoms with Crippen molar-refractivity contribution in [1.29, 1.82) is 0 Å². The number of rotatable bonds is 4. The fourth-order valence-electron chi connectivity index (χ4n) is 6.27. The van der Waals surface area contributed by atoms with Gasteiger partial charge in [0.2, 0.25) is 5.91 Å². The van der Waals surface area contributed by atoms with Gasteiger partial charge in [-0.25, -0.2) is 0 Å². The first-order valence-corrected chi connectivity index (χ1v) is 11.5. The van der Waals surface area contributed by atoms with Gasteiger partial charge in [0.15, 0.2) is 0 Å². The van der Waals surface area contributed by atoms with Gasteiger partial charge in [-0.15, -0.1) is 0 Å². The average molecular weight is 403 g/mol. The Kier molecular flexibility index (Phi) is 4.29. The molecule has 30 heavy (non-hydrogen) atoms. The molecule has 4 heteroatoms. The summed E-state index contributed by atoms with van der Waals surface area (Å²) in [4.78, 5) is 17.3. The molecule has 2 aliphatic heterocycles. The van der Waals surface area contributed by atoms with Crippen molar-refractivity contribution in [2.45, 2.75) is 32.2 Å². The maximum atomic E-state index is 12.7. The van der Waals surface area contributed by atoms with Crippen LogP contribution in [0.2, 0.25) is 0 Å². The van der Waals surface area contributed by atoms with E-state index in [2.05, 4.69) is 52.3 Å². The van der Waals surface area contributed by atoms with Crippen LogP contribution in [-0.4, -0.2) is 53.6 Å². The lowest BCUT2D eigenvalue weighted by atomic mass is 9.82. The van der Waals surface area contributed by atoms with Crippen molar-refractivity contribution in [3.63, 3.8) is 0 Å². The van der Waals surface area contributed by atoms with Gasteiger partial charge in [-0.2, -0.15) is 0 Å². The molecule has 2 aromatic carbocycles. The summed E-state index contributed by atoms with van der Waals surface area (Å²) in [6, 6.07) is 15.6. The minimum absolute atomic E-state index is 0.133. The predicted molar refractivity (Wildman–Crippen MR) is 117 cm³/mol. The standard InChI is InChI=1S/C26H30N2O2/c29-17-26-15-27(13-22(26)14-28(16-26)25(30)19-5-3-6-19)12-18-8-9-24-21(10-18)11-20-4-1-2-7-23(20)24/h1-2,4,7-10,19,22,29H,3,5-6,11-17H2/t22-,26+/m0/s1. The van der Waals surface area contributed by atoms with Gasteiger partial charge in [0.05, 0.1) is 6.61 Å². The zero-order chi connectivity index (χ0) is 20.3. The number of likely N-dealkylation sites (tertiary alicyclic amines) is 2. The zero-order valence-corrected chi connectivity index (χ0v) is 17.5. The first kappa shape index (κ1) is 18.6. The van der Waals surface area contributed by atoms with Gasteiger partial charge in [0, 0.05) is 44.1 Å². The predicted octanol–water partition coefficient (Wildman–Crippen LogP) is 3.31. The highest BCUT2D eigenvalue weighted by atomic mass is 16.3. The molecule has 2 atom stereocenters. The van der Waals surface area contributed by atoms with Crippen LogP contribution in [0.25, 0.3) is 11.1 Å². The van der Waals surface area contributed by atoms with E-state index in [0.29, 0.717) is 11.8 Å². The number of aliphatic hydroxyl groups is 1. The molecular weight excluding hydrogens is 372 g/mol. The summed E-state index contributed by atoms with van der Waals surface area (Å²) in [7, 11) is 0. The molecule has 0 spiro atoms. The van der Waals surface area contributed by atoms with E-state index in [9.17, 15) is 9.90 Å². The van der Waals surface area contributed by atoms with Gasteiger partial charge in [-0.1, -0.05) is 48.9 Å². The molecule has 1 amide bonds. The second-order valence-corrected chi connectivity index (χ2v) is 10.1. The lowest BCUT2D eigenvalue weighted by Crippen LogP contribution is -2.42. The van der Waals surface area contributed by atoms with Crippen molar-refractivity contribution >= 4 is 5.91 Å². The van der Waals surface area contributed by atoms with Crippen LogP contribution < -0.4 is 0 Å². The van der Waals surface area contributed by atoms with Crippen LogP contribution in [0.5, 0.6) is 0 Å². The summed E-state index contributed by atoms with van der Waals surface area (Å²) in [6.45, 7) is 4.54. The molecular formula is C26H30N2O2. The van der Waals surface area contributed by atoms with E-state index in [-0.39, 0.29) is 17.9 Å². The molecule has 1 saturated carbocycles. The van der Waals surface area contributed by atoms with Crippen LogP contribution in [-0.2, 0) is 17.8 Å². The Labute approximate surface area is 178 Å². The highest BCUT2D eigenvalue weighted by molar-refractivity contribution is 5.80. The zero-order valence-electron chi connectivity index (χ0n) is 17.5. The molecule has 4 nitrogen and oxygen atoms in total. The van der Waals surface area contributed by atoms with Gasteiger partial charge < -0.3 is 10.0 Å². The molecule has 3 fully saturated rings. The van der Waals surface area contributed by atoms with Crippen molar-refractivity contribution in [3.05, 3.63) is 59.2 Å². The van der Waals surface area contributed by atoms with Gasteiger partial charge >= 0.3 is 0 Å². The van der Waals surface area contributed by atoms with Crippen LogP contribution in [0.15, 0.2) is 42.5 Å². The molecule has 0 aromatic heterocycles. The van der Waals surface area contributed by atoms with Crippen molar-refractivity contribution in [1.82, 2.24) is 9.80 Å². The van der Waals surface area contributed by atoms with E-state index in [1.54, 1.807) is 0 Å². The fourth-order valence-corrected chi connectivity index (χ4v) is 6.27. The molecule has 2 aromatic rings. The van der Waals surface area contributed by atoms with Gasteiger partial charge in [-0.3, -0.25) is 9.69 Å². The Morgan fingerprint density at radius 3 is 2.63 bits per heavy atom. The Morgan fingerprint density at radius 2 is 1.87 bits per heavy atom. The number of carbonyl (C=O) groups excluding carboxylic acids is 1. The maximum absolute atomic E-state index is 12.7. The smallest absolute Gasteiger partial charge is 0.225 e. The van der Waals surface area contributed by atoms with E-state index in [1.807, 2.05) is 0 Å². The Bertz CT molecular complexity index is 998. The lowest BCUT2D eigenvalue weighted by molar-refractivity contribution is -0.137. The topological polar surface area (TPSA) is 43.8 Å². The van der Waals surface area contributed by atoms with Crippen molar-refractivity contribution in [2.75, 3.05) is 32.8 Å². The number of fused-ring (bicyclic) bond motifs is 4. The normalized spacial score (nSPS) is 27.6. The number of amides is 1. The number of aliphatic hydroxyl groups excluding tert-OH is 1. The summed E-state index contributed by atoms with van der Waals surface area (Å²) in [5.41, 5.74) is 6.84. The van der Waals surface area contributed by atoms with E-state index in [4.69, 9.17) is 0 Å². The number of hydrogen-bond acceptors (Lipinski definition) is 3. The summed E-state index contributed by atoms with van der Waals surface area (Å²) in [5, 5.41) is 10.3. The molecule has 0 radical (unpaired) electrons. The Morgan fingerprint density at radius 1 is 1.03 bits per heavy atom. The largest absolute Gasteiger partial charge is 0.396 e. The minimum Gasteiger partial charge on any atom is -0.396 e. The minimum atomic E-state index is -0.133. The third-order valence-electron chi connectivity index (χ3n) is 8.17. The van der Waals surface area contributed by atoms with Crippen molar-refractivity contribution < 1.29 is 9.90 Å². The molecule has 4 aliphatic rings. The van der Waals surface area contributed by atoms with Crippen LogP contribution in [0, 0.1) is 17.3 Å². The molecule has 6 rings (SSSR count). The number of nitrogens with zero attached hydrogens (tertiary/aromatic N) is 2. The molecule has 0 bridgehead atoms. The van der Waals surface area contributed by atoms with Gasteiger partial charge in [0.1, 0.15) is 0 Å². The molecule has 1 N–H and O–H groups in total. The molecule has 2 heterocycles. The summed E-state index contributed by atoms with van der Waals surface area (Å²) >= 11 is 0. The van der Waals surface area contributed by atoms with E-state index in [0.717, 1.165) is 52.0 Å². The molecule has 2 saturated heterocycles. The van der Waals surface area contributed by atoms with E-state index >= 15 is 0 Å². The summed E-state index contributed by atoms with van der Waals surface area (Å²) < 4.78 is 0. The average Bonchev–Trinajstić information content (AvgIpc) is 3.34. The maximum Gasteiger partial charge on any atom is 0.225 e. The van der Waals surface area contributed by atoms with Crippen LogP contribution in [0.4, 0.5) is 0 Å². The van der Waals surface area contributed by atoms with E-state index in [1.165, 1.54) is 34.2 Å². The first-order chi connectivity index (χ1) is 14.6. The Balaban J connectivity index is 1.15. The SMILES string of the molecule is O=C(C1CCC1)N1C[C@@H]2CN(Cc3ccc4c(c3)Cc3ccccc3-4)C[C@]2(CO)C1. The van der Waals surface area contributed by atoms with Gasteiger partial charge in [-0.05, 0) is 53.0 Å². The molecule has 2 aliphatic carbocycles. The third kappa shape index (κ3) is 2.84. The second kappa shape index (κ2) is 6.93.